The maximum absolute atomic E-state index is 12.3. The number of hydrogen-bond donors (Lipinski definition) is 3. The number of carbonyl (C=O) groups excluding carboxylic acids is 1. The Morgan fingerprint density at radius 1 is 1.38 bits per heavy atom. The molecule has 24 heavy (non-hydrogen) atoms. The van der Waals surface area contributed by atoms with Crippen LogP contribution in [0, 0.1) is 0 Å². The molecule has 0 saturated heterocycles. The van der Waals surface area contributed by atoms with Gasteiger partial charge >= 0.3 is 6.03 Å². The van der Waals surface area contributed by atoms with Gasteiger partial charge in [0.15, 0.2) is 15.6 Å². The van der Waals surface area contributed by atoms with Crippen LogP contribution >= 0.6 is 11.6 Å². The van der Waals surface area contributed by atoms with Gasteiger partial charge in [0.2, 0.25) is 0 Å². The van der Waals surface area contributed by atoms with E-state index in [2.05, 4.69) is 10.6 Å². The highest BCUT2D eigenvalue weighted by atomic mass is 35.5. The van der Waals surface area contributed by atoms with Crippen LogP contribution in [0.25, 0.3) is 0 Å². The quantitative estimate of drug-likeness (QED) is 0.557. The Morgan fingerprint density at radius 3 is 2.67 bits per heavy atom. The molecule has 2 amide bonds. The molecule has 0 bridgehead atoms. The molecule has 8 heteroatoms. The summed E-state index contributed by atoms with van der Waals surface area (Å²) in [4.78, 5) is 11.7. The number of benzene rings is 1. The second-order valence-corrected chi connectivity index (χ2v) is 8.78. The van der Waals surface area contributed by atoms with Crippen molar-refractivity contribution in [1.29, 1.82) is 0 Å². The number of hydrogen-bond acceptors (Lipinski definition) is 4. The molecule has 0 heterocycles. The molecular weight excluding hydrogens is 352 g/mol. The first-order chi connectivity index (χ1) is 11.2. The smallest absolute Gasteiger partial charge is 0.319 e. The molecule has 1 atom stereocenters. The zero-order chi connectivity index (χ0) is 17.9. The third-order valence-corrected chi connectivity index (χ3v) is 6.46. The van der Waals surface area contributed by atoms with Crippen LogP contribution in [0.4, 0.5) is 10.5 Å². The molecule has 0 aromatic heterocycles. The highest BCUT2D eigenvalue weighted by molar-refractivity contribution is 7.92. The zero-order valence-corrected chi connectivity index (χ0v) is 15.1. The summed E-state index contributed by atoms with van der Waals surface area (Å²) in [6.45, 7) is 2.99. The fraction of sp³-hybridized carbons (Fsp3) is 0.438. The van der Waals surface area contributed by atoms with E-state index in [1.807, 2.05) is 12.2 Å². The number of phenolic OH excluding ortho intramolecular Hbond substituents is 1. The lowest BCUT2D eigenvalue weighted by Gasteiger charge is -2.19. The summed E-state index contributed by atoms with van der Waals surface area (Å²) in [6.07, 6.45) is 6.74. The average molecular weight is 373 g/mol. The van der Waals surface area contributed by atoms with Crippen molar-refractivity contribution in [1.82, 2.24) is 5.32 Å². The molecule has 1 unspecified atom stereocenters. The summed E-state index contributed by atoms with van der Waals surface area (Å²) in [5.74, 6) is -0.550. The summed E-state index contributed by atoms with van der Waals surface area (Å²) in [6, 6.07) is 2.11. The topological polar surface area (TPSA) is 95.5 Å². The van der Waals surface area contributed by atoms with E-state index in [1.165, 1.54) is 26.0 Å². The van der Waals surface area contributed by atoms with Crippen molar-refractivity contribution in [3.63, 3.8) is 0 Å². The van der Waals surface area contributed by atoms with Gasteiger partial charge in [0.25, 0.3) is 0 Å². The van der Waals surface area contributed by atoms with Crippen molar-refractivity contribution in [2.24, 2.45) is 0 Å². The second kappa shape index (κ2) is 7.44. The Kier molecular flexibility index (Phi) is 5.77. The van der Waals surface area contributed by atoms with Crippen LogP contribution in [0.2, 0.25) is 5.02 Å². The number of rotatable bonds is 4. The van der Waals surface area contributed by atoms with Crippen molar-refractivity contribution in [2.45, 2.75) is 49.3 Å². The monoisotopic (exact) mass is 372 g/mol. The van der Waals surface area contributed by atoms with Gasteiger partial charge in [-0.25, -0.2) is 13.2 Å². The molecule has 1 aromatic rings. The minimum atomic E-state index is -3.79. The van der Waals surface area contributed by atoms with Gasteiger partial charge in [-0.05, 0) is 45.2 Å². The second-order valence-electron chi connectivity index (χ2n) is 5.93. The van der Waals surface area contributed by atoms with Crippen LogP contribution in [-0.4, -0.2) is 30.8 Å². The van der Waals surface area contributed by atoms with E-state index in [-0.39, 0.29) is 21.6 Å². The van der Waals surface area contributed by atoms with E-state index in [0.717, 1.165) is 19.3 Å². The summed E-state index contributed by atoms with van der Waals surface area (Å²) in [5.41, 5.74) is -0.00378. The predicted molar refractivity (Wildman–Crippen MR) is 94.4 cm³/mol. The van der Waals surface area contributed by atoms with Crippen LogP contribution in [0.5, 0.6) is 5.75 Å². The molecule has 1 aliphatic carbocycles. The number of phenols is 1. The van der Waals surface area contributed by atoms with Gasteiger partial charge in [0.1, 0.15) is 4.90 Å². The Bertz CT molecular complexity index is 760. The number of sulfone groups is 1. The van der Waals surface area contributed by atoms with Crippen molar-refractivity contribution in [3.8, 4) is 5.75 Å². The highest BCUT2D eigenvalue weighted by Gasteiger charge is 2.28. The number of amides is 2. The predicted octanol–water partition coefficient (Wildman–Crippen LogP) is 3.46. The van der Waals surface area contributed by atoms with E-state index < -0.39 is 26.9 Å². The molecule has 3 N–H and O–H groups in total. The van der Waals surface area contributed by atoms with Gasteiger partial charge < -0.3 is 15.7 Å². The Balaban J connectivity index is 2.24. The molecule has 0 radical (unpaired) electrons. The van der Waals surface area contributed by atoms with Gasteiger partial charge in [-0.3, -0.25) is 0 Å². The maximum atomic E-state index is 12.3. The Labute approximate surface area is 146 Å². The van der Waals surface area contributed by atoms with E-state index in [9.17, 15) is 18.3 Å². The largest absolute Gasteiger partial charge is 0.504 e. The third kappa shape index (κ3) is 4.02. The third-order valence-electron chi connectivity index (χ3n) is 3.81. The maximum Gasteiger partial charge on any atom is 0.319 e. The summed E-state index contributed by atoms with van der Waals surface area (Å²) in [5, 5.41) is 14.7. The Morgan fingerprint density at radius 2 is 2.08 bits per heavy atom. The number of urea groups is 1. The summed E-state index contributed by atoms with van der Waals surface area (Å²) >= 11 is 5.95. The molecule has 2 rings (SSSR count). The minimum Gasteiger partial charge on any atom is -0.504 e. The molecule has 6 nitrogen and oxygen atoms in total. The molecule has 1 aliphatic rings. The summed E-state index contributed by atoms with van der Waals surface area (Å²) < 4.78 is 24.7. The molecule has 0 aliphatic heterocycles. The number of nitrogens with one attached hydrogen (secondary N) is 2. The van der Waals surface area contributed by atoms with Gasteiger partial charge in [0, 0.05) is 6.04 Å². The SMILES string of the molecule is CC(C)S(=O)(=O)c1c(Cl)ccc(NC(=O)NC2C=CCCC2)c1O. The van der Waals surface area contributed by atoms with Gasteiger partial charge in [-0.15, -0.1) is 0 Å². The lowest BCUT2D eigenvalue weighted by molar-refractivity contribution is 0.249. The fourth-order valence-electron chi connectivity index (χ4n) is 2.41. The first-order valence-corrected chi connectivity index (χ1v) is 9.65. The first kappa shape index (κ1) is 18.6. The number of carbonyl (C=O) groups is 1. The molecule has 132 valence electrons. The van der Waals surface area contributed by atoms with Crippen LogP contribution in [0.1, 0.15) is 33.1 Å². The molecule has 0 saturated carbocycles. The number of aromatic hydroxyl groups is 1. The zero-order valence-electron chi connectivity index (χ0n) is 13.5. The van der Waals surface area contributed by atoms with Gasteiger partial charge in [-0.2, -0.15) is 0 Å². The van der Waals surface area contributed by atoms with Crippen molar-refractivity contribution >= 4 is 33.2 Å². The standard InChI is InChI=1S/C16H21ClN2O4S/c1-10(2)24(22,23)15-12(17)8-9-13(14(15)20)19-16(21)18-11-6-4-3-5-7-11/h4,6,8-11,20H,3,5,7H2,1-2H3,(H2,18,19,21). The number of halogens is 1. The van der Waals surface area contributed by atoms with Crippen LogP contribution in [0.15, 0.2) is 29.2 Å². The molecule has 1 aromatic carbocycles. The molecular formula is C16H21ClN2O4S. The van der Waals surface area contributed by atoms with Gasteiger partial charge in [-0.1, -0.05) is 23.8 Å². The van der Waals surface area contributed by atoms with Crippen molar-refractivity contribution in [2.75, 3.05) is 5.32 Å². The number of anilines is 1. The van der Waals surface area contributed by atoms with Crippen LogP contribution in [-0.2, 0) is 9.84 Å². The van der Waals surface area contributed by atoms with Crippen molar-refractivity contribution in [3.05, 3.63) is 29.3 Å². The van der Waals surface area contributed by atoms with E-state index in [0.29, 0.717) is 0 Å². The normalized spacial score (nSPS) is 17.8. The molecule has 0 spiro atoms. The summed E-state index contributed by atoms with van der Waals surface area (Å²) in [7, 11) is -3.79. The van der Waals surface area contributed by atoms with Crippen molar-refractivity contribution < 1.29 is 18.3 Å². The average Bonchev–Trinajstić information content (AvgIpc) is 2.51. The fourth-order valence-corrected chi connectivity index (χ4v) is 4.08. The Hall–Kier alpha value is -1.73. The first-order valence-electron chi connectivity index (χ1n) is 7.73. The van der Waals surface area contributed by atoms with E-state index in [4.69, 9.17) is 11.6 Å². The van der Waals surface area contributed by atoms with Crippen LogP contribution in [0.3, 0.4) is 0 Å². The van der Waals surface area contributed by atoms with Crippen LogP contribution < -0.4 is 10.6 Å². The lowest BCUT2D eigenvalue weighted by Crippen LogP contribution is -2.37. The number of allylic oxidation sites excluding steroid dienone is 1. The van der Waals surface area contributed by atoms with E-state index >= 15 is 0 Å². The highest BCUT2D eigenvalue weighted by Crippen LogP contribution is 2.38. The van der Waals surface area contributed by atoms with E-state index in [1.54, 1.807) is 0 Å². The lowest BCUT2D eigenvalue weighted by atomic mass is 10.0. The molecule has 0 fully saturated rings. The minimum absolute atomic E-state index is 0.00378. The van der Waals surface area contributed by atoms with Gasteiger partial charge in [0.05, 0.1) is 16.0 Å².